The summed E-state index contributed by atoms with van der Waals surface area (Å²) in [5.74, 6) is -0.274. The molecule has 0 saturated carbocycles. The molecular formula is C20H31N3O7. The highest BCUT2D eigenvalue weighted by Crippen LogP contribution is 2.21. The molecule has 0 fully saturated rings. The minimum Gasteiger partial charge on any atom is -0.469 e. The summed E-state index contributed by atoms with van der Waals surface area (Å²) in [5, 5.41) is 5.87. The Morgan fingerprint density at radius 2 is 1.47 bits per heavy atom. The first-order valence-electron chi connectivity index (χ1n) is 9.81. The molecule has 0 amide bonds. The third-order valence-corrected chi connectivity index (χ3v) is 4.24. The van der Waals surface area contributed by atoms with E-state index in [-0.39, 0.29) is 19.1 Å². The van der Waals surface area contributed by atoms with Crippen LogP contribution in [0.4, 0.5) is 5.69 Å². The highest BCUT2D eigenvalue weighted by molar-refractivity contribution is 5.69. The maximum atomic E-state index is 11.4. The van der Waals surface area contributed by atoms with Gasteiger partial charge in [-0.1, -0.05) is 16.4 Å². The van der Waals surface area contributed by atoms with Crippen LogP contribution in [-0.4, -0.2) is 66.3 Å². The van der Waals surface area contributed by atoms with Crippen molar-refractivity contribution in [2.24, 2.45) is 10.4 Å². The van der Waals surface area contributed by atoms with E-state index in [1.165, 1.54) is 7.11 Å². The van der Waals surface area contributed by atoms with Gasteiger partial charge in [-0.3, -0.25) is 4.79 Å². The minimum absolute atomic E-state index is 0.00497. The molecule has 30 heavy (non-hydrogen) atoms. The standard InChI is InChI=1S/C20H31N3O7/c1-27-8-9-30-11-10-29-7-6-23(5-3-4-20(24)28-2)19-13-17(15-21-25)12-18(14-19)16-22-26/h12-14H,3-11,15-16H2,1-2H3. The number of hydrogen-bond donors (Lipinski definition) is 0. The molecule has 0 aromatic heterocycles. The van der Waals surface area contributed by atoms with Crippen molar-refractivity contribution in [3.8, 4) is 0 Å². The molecule has 1 aromatic carbocycles. The predicted molar refractivity (Wildman–Crippen MR) is 112 cm³/mol. The first-order chi connectivity index (χ1) is 14.6. The summed E-state index contributed by atoms with van der Waals surface area (Å²) in [6.07, 6.45) is 0.879. The molecular weight excluding hydrogens is 394 g/mol. The molecule has 0 atom stereocenters. The maximum Gasteiger partial charge on any atom is 0.305 e. The molecule has 0 aliphatic heterocycles. The van der Waals surface area contributed by atoms with Crippen LogP contribution in [0.1, 0.15) is 24.0 Å². The molecule has 1 aromatic rings. The van der Waals surface area contributed by atoms with Gasteiger partial charge in [0.25, 0.3) is 0 Å². The van der Waals surface area contributed by atoms with Crippen LogP contribution in [0.5, 0.6) is 0 Å². The Hall–Kier alpha value is -2.43. The van der Waals surface area contributed by atoms with Crippen molar-refractivity contribution in [2.75, 3.05) is 65.2 Å². The summed E-state index contributed by atoms with van der Waals surface area (Å²) in [6, 6.07) is 5.44. The Morgan fingerprint density at radius 1 is 0.867 bits per heavy atom. The summed E-state index contributed by atoms with van der Waals surface area (Å²) in [7, 11) is 2.97. The second kappa shape index (κ2) is 16.4. The first-order valence-corrected chi connectivity index (χ1v) is 9.81. The van der Waals surface area contributed by atoms with Gasteiger partial charge in [-0.2, -0.15) is 9.81 Å². The highest BCUT2D eigenvalue weighted by atomic mass is 16.5. The van der Waals surface area contributed by atoms with Crippen molar-refractivity contribution < 1.29 is 23.7 Å². The Morgan fingerprint density at radius 3 is 2.03 bits per heavy atom. The van der Waals surface area contributed by atoms with Gasteiger partial charge >= 0.3 is 5.97 Å². The van der Waals surface area contributed by atoms with Gasteiger partial charge < -0.3 is 23.8 Å². The molecule has 0 bridgehead atoms. The van der Waals surface area contributed by atoms with Crippen molar-refractivity contribution in [3.63, 3.8) is 0 Å². The summed E-state index contributed by atoms with van der Waals surface area (Å²) < 4.78 is 20.6. The lowest BCUT2D eigenvalue weighted by Gasteiger charge is -2.26. The number of benzene rings is 1. The zero-order chi connectivity index (χ0) is 22.0. The van der Waals surface area contributed by atoms with E-state index in [1.54, 1.807) is 13.2 Å². The van der Waals surface area contributed by atoms with E-state index in [4.69, 9.17) is 18.9 Å². The smallest absolute Gasteiger partial charge is 0.305 e. The van der Waals surface area contributed by atoms with Gasteiger partial charge in [0, 0.05) is 32.3 Å². The largest absolute Gasteiger partial charge is 0.469 e. The molecule has 0 aliphatic rings. The van der Waals surface area contributed by atoms with E-state index in [1.807, 2.05) is 17.0 Å². The molecule has 0 N–H and O–H groups in total. The number of rotatable bonds is 18. The third-order valence-electron chi connectivity index (χ3n) is 4.24. The summed E-state index contributed by atoms with van der Waals surface area (Å²) in [4.78, 5) is 34.9. The van der Waals surface area contributed by atoms with Gasteiger partial charge in [-0.15, -0.1) is 0 Å². The van der Waals surface area contributed by atoms with Crippen LogP contribution in [0.3, 0.4) is 0 Å². The lowest BCUT2D eigenvalue weighted by Crippen LogP contribution is -2.29. The normalized spacial score (nSPS) is 10.6. The zero-order valence-electron chi connectivity index (χ0n) is 17.7. The number of anilines is 1. The van der Waals surface area contributed by atoms with Crippen molar-refractivity contribution in [3.05, 3.63) is 39.1 Å². The molecule has 10 nitrogen and oxygen atoms in total. The third kappa shape index (κ3) is 10.9. The van der Waals surface area contributed by atoms with Gasteiger partial charge in [0.15, 0.2) is 0 Å². The van der Waals surface area contributed by atoms with Crippen molar-refractivity contribution in [1.82, 2.24) is 0 Å². The van der Waals surface area contributed by atoms with E-state index in [0.29, 0.717) is 70.1 Å². The number of ether oxygens (including phenoxy) is 4. The summed E-state index contributed by atoms with van der Waals surface area (Å²) in [5.41, 5.74) is 2.22. The van der Waals surface area contributed by atoms with Crippen LogP contribution < -0.4 is 4.90 Å². The van der Waals surface area contributed by atoms with E-state index < -0.39 is 0 Å². The highest BCUT2D eigenvalue weighted by Gasteiger charge is 2.11. The number of carbonyl (C=O) groups excluding carboxylic acids is 1. The molecule has 10 heteroatoms. The molecule has 0 spiro atoms. The van der Waals surface area contributed by atoms with Crippen LogP contribution >= 0.6 is 0 Å². The van der Waals surface area contributed by atoms with Crippen LogP contribution in [0.25, 0.3) is 0 Å². The second-order valence-corrected chi connectivity index (χ2v) is 6.47. The van der Waals surface area contributed by atoms with Crippen molar-refractivity contribution in [1.29, 1.82) is 0 Å². The van der Waals surface area contributed by atoms with Crippen LogP contribution in [0.15, 0.2) is 28.6 Å². The van der Waals surface area contributed by atoms with Gasteiger partial charge in [-0.25, -0.2) is 0 Å². The Balaban J connectivity index is 2.72. The summed E-state index contributed by atoms with van der Waals surface area (Å²) >= 11 is 0. The maximum absolute atomic E-state index is 11.4. The Kier molecular flexibility index (Phi) is 14.0. The van der Waals surface area contributed by atoms with E-state index >= 15 is 0 Å². The molecule has 0 unspecified atom stereocenters. The quantitative estimate of drug-likeness (QED) is 0.200. The molecule has 0 saturated heterocycles. The molecule has 0 heterocycles. The van der Waals surface area contributed by atoms with Crippen LogP contribution in [-0.2, 0) is 36.8 Å². The molecule has 1 rings (SSSR count). The number of esters is 1. The summed E-state index contributed by atoms with van der Waals surface area (Å²) in [6.45, 7) is 3.58. The van der Waals surface area contributed by atoms with Gasteiger partial charge in [-0.05, 0) is 29.7 Å². The van der Waals surface area contributed by atoms with Gasteiger partial charge in [0.1, 0.15) is 13.1 Å². The minimum atomic E-state index is -0.274. The lowest BCUT2D eigenvalue weighted by molar-refractivity contribution is -0.140. The number of hydrogen-bond acceptors (Lipinski definition) is 10. The first kappa shape index (κ1) is 25.6. The average molecular weight is 425 g/mol. The second-order valence-electron chi connectivity index (χ2n) is 6.47. The van der Waals surface area contributed by atoms with Gasteiger partial charge in [0.05, 0.1) is 40.1 Å². The average Bonchev–Trinajstić information content (AvgIpc) is 2.74. The fraction of sp³-hybridized carbons (Fsp3) is 0.650. The van der Waals surface area contributed by atoms with Crippen molar-refractivity contribution in [2.45, 2.75) is 25.9 Å². The Labute approximate surface area is 176 Å². The topological polar surface area (TPSA) is 116 Å². The van der Waals surface area contributed by atoms with Crippen LogP contribution in [0, 0.1) is 9.81 Å². The van der Waals surface area contributed by atoms with Gasteiger partial charge in [0.2, 0.25) is 0 Å². The molecule has 0 radical (unpaired) electrons. The Bertz CT molecular complexity index is 615. The molecule has 0 aliphatic carbocycles. The fourth-order valence-electron chi connectivity index (χ4n) is 2.78. The number of nitroso groups, excluding NO2 is 2. The van der Waals surface area contributed by atoms with E-state index in [2.05, 4.69) is 10.4 Å². The monoisotopic (exact) mass is 425 g/mol. The van der Waals surface area contributed by atoms with Crippen LogP contribution in [0.2, 0.25) is 0 Å². The molecule has 168 valence electrons. The van der Waals surface area contributed by atoms with E-state index in [0.717, 1.165) is 5.69 Å². The zero-order valence-corrected chi connectivity index (χ0v) is 17.7. The fourth-order valence-corrected chi connectivity index (χ4v) is 2.78. The lowest BCUT2D eigenvalue weighted by atomic mass is 10.1. The SMILES string of the molecule is COCCOCCOCCN(CCCC(=O)OC)c1cc(CN=O)cc(CN=O)c1. The number of carbonyl (C=O) groups is 1. The predicted octanol–water partition coefficient (Wildman–Crippen LogP) is 2.66. The van der Waals surface area contributed by atoms with E-state index in [9.17, 15) is 14.6 Å². The number of nitrogens with zero attached hydrogens (tertiary/aromatic N) is 3. The number of methoxy groups -OCH3 is 2. The van der Waals surface area contributed by atoms with Crippen molar-refractivity contribution >= 4 is 11.7 Å².